The fourth-order valence-corrected chi connectivity index (χ4v) is 5.32. The van der Waals surface area contributed by atoms with Crippen LogP contribution in [0.25, 0.3) is 0 Å². The van der Waals surface area contributed by atoms with Crippen LogP contribution in [-0.2, 0) is 27.8 Å². The first kappa shape index (κ1) is 20.4. The molecule has 30 heavy (non-hydrogen) atoms. The summed E-state index contributed by atoms with van der Waals surface area (Å²) in [5.74, 6) is -0.592. The summed E-state index contributed by atoms with van der Waals surface area (Å²) >= 11 is 5.95. The van der Waals surface area contributed by atoms with Gasteiger partial charge >= 0.3 is 5.97 Å². The second-order valence-electron chi connectivity index (χ2n) is 7.04. The van der Waals surface area contributed by atoms with Crippen LogP contribution in [0.1, 0.15) is 27.9 Å². The molecule has 4 rings (SSSR count). The van der Waals surface area contributed by atoms with Gasteiger partial charge in [-0.3, -0.25) is 4.31 Å². The summed E-state index contributed by atoms with van der Waals surface area (Å²) in [5.41, 5.74) is 2.63. The number of carbonyl (C=O) groups is 1. The van der Waals surface area contributed by atoms with Gasteiger partial charge in [-0.05, 0) is 60.4 Å². The molecule has 0 bridgehead atoms. The van der Waals surface area contributed by atoms with E-state index in [-0.39, 0.29) is 17.1 Å². The molecule has 0 spiro atoms. The number of rotatable bonds is 5. The van der Waals surface area contributed by atoms with E-state index in [2.05, 4.69) is 0 Å². The van der Waals surface area contributed by atoms with Crippen molar-refractivity contribution in [1.82, 2.24) is 0 Å². The highest BCUT2D eigenvalue weighted by Crippen LogP contribution is 2.32. The zero-order chi connectivity index (χ0) is 21.1. The van der Waals surface area contributed by atoms with Crippen LogP contribution >= 0.6 is 11.6 Å². The highest BCUT2D eigenvalue weighted by atomic mass is 35.5. The molecule has 3 aromatic carbocycles. The lowest BCUT2D eigenvalue weighted by Crippen LogP contribution is -2.35. The van der Waals surface area contributed by atoms with Crippen molar-refractivity contribution in [2.75, 3.05) is 10.8 Å². The first-order chi connectivity index (χ1) is 14.4. The van der Waals surface area contributed by atoms with Crippen molar-refractivity contribution < 1.29 is 17.9 Å². The van der Waals surface area contributed by atoms with E-state index in [1.54, 1.807) is 36.4 Å². The number of benzene rings is 3. The third-order valence-corrected chi connectivity index (χ3v) is 7.03. The number of para-hydroxylation sites is 1. The van der Waals surface area contributed by atoms with Crippen molar-refractivity contribution in [2.45, 2.75) is 24.3 Å². The maximum absolute atomic E-state index is 13.3. The van der Waals surface area contributed by atoms with Gasteiger partial charge in [0.15, 0.2) is 0 Å². The highest BCUT2D eigenvalue weighted by Gasteiger charge is 2.29. The number of esters is 1. The number of aryl methyl sites for hydroxylation is 1. The third kappa shape index (κ3) is 4.20. The number of hydrogen-bond acceptors (Lipinski definition) is 4. The van der Waals surface area contributed by atoms with Crippen LogP contribution in [0.2, 0.25) is 5.02 Å². The lowest BCUT2D eigenvalue weighted by Gasteiger charge is -2.30. The van der Waals surface area contributed by atoms with Gasteiger partial charge in [0.2, 0.25) is 0 Å². The Bertz CT molecular complexity index is 1190. The van der Waals surface area contributed by atoms with Gasteiger partial charge in [0.1, 0.15) is 6.61 Å². The van der Waals surface area contributed by atoms with Crippen LogP contribution in [-0.4, -0.2) is 20.9 Å². The summed E-state index contributed by atoms with van der Waals surface area (Å²) in [7, 11) is -3.80. The molecule has 0 N–H and O–H groups in total. The van der Waals surface area contributed by atoms with Crippen LogP contribution in [0.3, 0.4) is 0 Å². The molecule has 7 heteroatoms. The predicted octanol–water partition coefficient (Wildman–Crippen LogP) is 4.84. The Kier molecular flexibility index (Phi) is 5.79. The topological polar surface area (TPSA) is 63.7 Å². The lowest BCUT2D eigenvalue weighted by atomic mass is 10.0. The van der Waals surface area contributed by atoms with Crippen LogP contribution < -0.4 is 4.31 Å². The Morgan fingerprint density at radius 2 is 1.80 bits per heavy atom. The molecule has 0 saturated carbocycles. The van der Waals surface area contributed by atoms with Crippen molar-refractivity contribution in [2.24, 2.45) is 0 Å². The summed E-state index contributed by atoms with van der Waals surface area (Å²) in [6, 6.07) is 20.5. The highest BCUT2D eigenvalue weighted by molar-refractivity contribution is 7.92. The number of sulfonamides is 1. The molecule has 1 aliphatic heterocycles. The number of ether oxygens (including phenoxy) is 1. The van der Waals surface area contributed by atoms with Gasteiger partial charge in [-0.15, -0.1) is 0 Å². The van der Waals surface area contributed by atoms with Crippen molar-refractivity contribution in [3.63, 3.8) is 0 Å². The van der Waals surface area contributed by atoms with E-state index in [0.29, 0.717) is 17.3 Å². The Hall–Kier alpha value is -2.83. The number of carbonyl (C=O) groups excluding carboxylic acids is 1. The van der Waals surface area contributed by atoms with E-state index in [0.717, 1.165) is 24.0 Å². The van der Waals surface area contributed by atoms with E-state index in [9.17, 15) is 13.2 Å². The largest absolute Gasteiger partial charge is 0.457 e. The molecule has 0 unspecified atom stereocenters. The maximum Gasteiger partial charge on any atom is 0.338 e. The molecule has 1 heterocycles. The van der Waals surface area contributed by atoms with Crippen molar-refractivity contribution in [1.29, 1.82) is 0 Å². The number of nitrogens with zero attached hydrogens (tertiary/aromatic N) is 1. The zero-order valence-corrected chi connectivity index (χ0v) is 17.7. The fourth-order valence-electron chi connectivity index (χ4n) is 3.52. The first-order valence-electron chi connectivity index (χ1n) is 9.57. The second kappa shape index (κ2) is 8.50. The molecule has 0 saturated heterocycles. The van der Waals surface area contributed by atoms with Gasteiger partial charge in [0, 0.05) is 11.6 Å². The number of anilines is 1. The number of halogens is 1. The predicted molar refractivity (Wildman–Crippen MR) is 116 cm³/mol. The van der Waals surface area contributed by atoms with Crippen molar-refractivity contribution in [3.8, 4) is 0 Å². The molecular weight excluding hydrogens is 422 g/mol. The van der Waals surface area contributed by atoms with Crippen LogP contribution in [0, 0.1) is 0 Å². The maximum atomic E-state index is 13.3. The van der Waals surface area contributed by atoms with E-state index in [4.69, 9.17) is 16.3 Å². The van der Waals surface area contributed by atoms with Gasteiger partial charge in [0.05, 0.1) is 16.1 Å². The Morgan fingerprint density at radius 1 is 1.00 bits per heavy atom. The van der Waals surface area contributed by atoms with Gasteiger partial charge < -0.3 is 4.74 Å². The zero-order valence-electron chi connectivity index (χ0n) is 16.1. The average Bonchev–Trinajstić information content (AvgIpc) is 2.77. The molecular formula is C23H20ClNO4S. The normalized spacial score (nSPS) is 13.6. The molecule has 5 nitrogen and oxygen atoms in total. The molecule has 0 fully saturated rings. The minimum atomic E-state index is -3.80. The molecule has 154 valence electrons. The second-order valence-corrected chi connectivity index (χ2v) is 9.34. The smallest absolute Gasteiger partial charge is 0.338 e. The summed E-state index contributed by atoms with van der Waals surface area (Å²) in [6.45, 7) is 0.457. The summed E-state index contributed by atoms with van der Waals surface area (Å²) in [6.07, 6.45) is 1.59. The Balaban J connectivity index is 1.56. The first-order valence-corrected chi connectivity index (χ1v) is 11.4. The van der Waals surface area contributed by atoms with E-state index in [1.165, 1.54) is 16.4 Å². The van der Waals surface area contributed by atoms with Gasteiger partial charge in [-0.1, -0.05) is 48.0 Å². The average molecular weight is 442 g/mol. The van der Waals surface area contributed by atoms with Gasteiger partial charge in [-0.25, -0.2) is 13.2 Å². The third-order valence-electron chi connectivity index (χ3n) is 4.98. The molecule has 0 amide bonds. The molecule has 0 aromatic heterocycles. The lowest BCUT2D eigenvalue weighted by molar-refractivity contribution is 0.0472. The van der Waals surface area contributed by atoms with Gasteiger partial charge in [0.25, 0.3) is 10.0 Å². The number of fused-ring (bicyclic) bond motifs is 1. The molecule has 0 aliphatic carbocycles. The standard InChI is InChI=1S/C23H20ClNO4S/c24-20-10-3-6-17(14-20)16-29-23(26)19-8-4-11-21(15-19)30(27,28)25-13-5-9-18-7-1-2-12-22(18)25/h1-4,6-8,10-12,14-15H,5,9,13,16H2. The monoisotopic (exact) mass is 441 g/mol. The van der Waals surface area contributed by atoms with Crippen LogP contribution in [0.5, 0.6) is 0 Å². The van der Waals surface area contributed by atoms with E-state index >= 15 is 0 Å². The Labute approximate surface area is 180 Å². The summed E-state index contributed by atoms with van der Waals surface area (Å²) in [5, 5.41) is 0.554. The van der Waals surface area contributed by atoms with Crippen LogP contribution in [0.15, 0.2) is 77.7 Å². The van der Waals surface area contributed by atoms with Crippen molar-refractivity contribution in [3.05, 3.63) is 94.5 Å². The van der Waals surface area contributed by atoms with E-state index in [1.807, 2.05) is 24.3 Å². The molecule has 0 atom stereocenters. The minimum absolute atomic E-state index is 0.0515. The van der Waals surface area contributed by atoms with Crippen molar-refractivity contribution >= 4 is 33.3 Å². The SMILES string of the molecule is O=C(OCc1cccc(Cl)c1)c1cccc(S(=O)(=O)N2CCCc3ccccc32)c1. The minimum Gasteiger partial charge on any atom is -0.457 e. The Morgan fingerprint density at radius 3 is 2.63 bits per heavy atom. The van der Waals surface area contributed by atoms with E-state index < -0.39 is 16.0 Å². The number of hydrogen-bond donors (Lipinski definition) is 0. The molecule has 0 radical (unpaired) electrons. The quantitative estimate of drug-likeness (QED) is 0.531. The molecule has 1 aliphatic rings. The summed E-state index contributed by atoms with van der Waals surface area (Å²) in [4.78, 5) is 12.6. The van der Waals surface area contributed by atoms with Crippen LogP contribution in [0.4, 0.5) is 5.69 Å². The summed E-state index contributed by atoms with van der Waals surface area (Å²) < 4.78 is 33.4. The van der Waals surface area contributed by atoms with Gasteiger partial charge in [-0.2, -0.15) is 0 Å². The molecule has 3 aromatic rings. The fraction of sp³-hybridized carbons (Fsp3) is 0.174.